The maximum atomic E-state index is 14.1. The highest BCUT2D eigenvalue weighted by Crippen LogP contribution is 2.31. The Bertz CT molecular complexity index is 437. The van der Waals surface area contributed by atoms with Gasteiger partial charge in [-0.25, -0.2) is 4.39 Å². The van der Waals surface area contributed by atoms with Gasteiger partial charge in [0.25, 0.3) is 0 Å². The normalized spacial score (nSPS) is 28.5. The summed E-state index contributed by atoms with van der Waals surface area (Å²) in [6, 6.07) is 5.19. The van der Waals surface area contributed by atoms with Gasteiger partial charge in [-0.1, -0.05) is 6.07 Å². The van der Waals surface area contributed by atoms with Crippen LogP contribution >= 0.6 is 0 Å². The predicted molar refractivity (Wildman–Crippen MR) is 69.1 cm³/mol. The molecule has 3 rings (SSSR count). The highest BCUT2D eigenvalue weighted by Gasteiger charge is 2.34. The second kappa shape index (κ2) is 4.52. The first-order chi connectivity index (χ1) is 8.63. The first-order valence-corrected chi connectivity index (χ1v) is 6.59. The van der Waals surface area contributed by atoms with E-state index in [4.69, 9.17) is 10.5 Å². The average Bonchev–Trinajstić information content (AvgIpc) is 2.68. The Morgan fingerprint density at radius 3 is 2.56 bits per heavy atom. The summed E-state index contributed by atoms with van der Waals surface area (Å²) in [5.74, 6) is -0.175. The summed E-state index contributed by atoms with van der Waals surface area (Å²) in [6.07, 6.45) is 2.74. The molecule has 0 radical (unpaired) electrons. The fourth-order valence-corrected chi connectivity index (χ4v) is 2.87. The molecular weight excluding hydrogens is 231 g/mol. The highest BCUT2D eigenvalue weighted by molar-refractivity contribution is 5.50. The van der Waals surface area contributed by atoms with Crippen LogP contribution in [0, 0.1) is 5.82 Å². The predicted octanol–water partition coefficient (Wildman–Crippen LogP) is 2.21. The van der Waals surface area contributed by atoms with Gasteiger partial charge in [-0.2, -0.15) is 0 Å². The van der Waals surface area contributed by atoms with Crippen LogP contribution in [-0.4, -0.2) is 25.3 Å². The van der Waals surface area contributed by atoms with E-state index in [-0.39, 0.29) is 24.1 Å². The molecule has 2 aliphatic rings. The highest BCUT2D eigenvalue weighted by atomic mass is 19.1. The molecule has 0 amide bonds. The van der Waals surface area contributed by atoms with Gasteiger partial charge in [0.15, 0.2) is 0 Å². The van der Waals surface area contributed by atoms with Crippen molar-refractivity contribution >= 4 is 5.69 Å². The van der Waals surface area contributed by atoms with Crippen LogP contribution in [0.5, 0.6) is 0 Å². The fourth-order valence-electron chi connectivity index (χ4n) is 2.87. The molecule has 4 heteroatoms. The van der Waals surface area contributed by atoms with Gasteiger partial charge in [-0.3, -0.25) is 0 Å². The molecule has 0 spiro atoms. The van der Waals surface area contributed by atoms with Crippen molar-refractivity contribution in [1.82, 2.24) is 0 Å². The van der Waals surface area contributed by atoms with Crippen molar-refractivity contribution in [2.75, 3.05) is 18.0 Å². The van der Waals surface area contributed by atoms with E-state index < -0.39 is 0 Å². The number of anilines is 1. The molecule has 1 aromatic rings. The second-order valence-corrected chi connectivity index (χ2v) is 5.36. The van der Waals surface area contributed by atoms with Crippen LogP contribution in [0.3, 0.4) is 0 Å². The van der Waals surface area contributed by atoms with Crippen molar-refractivity contribution in [3.05, 3.63) is 29.6 Å². The molecule has 2 aliphatic heterocycles. The van der Waals surface area contributed by atoms with E-state index >= 15 is 0 Å². The van der Waals surface area contributed by atoms with Crippen molar-refractivity contribution in [3.8, 4) is 0 Å². The van der Waals surface area contributed by atoms with Crippen LogP contribution in [0.2, 0.25) is 0 Å². The molecule has 98 valence electrons. The Balaban J connectivity index is 1.84. The number of halogens is 1. The number of fused-ring (bicyclic) bond motifs is 2. The molecule has 0 saturated carbocycles. The molecule has 3 atom stereocenters. The van der Waals surface area contributed by atoms with E-state index in [1.165, 1.54) is 0 Å². The molecule has 3 nitrogen and oxygen atoms in total. The number of ether oxygens (including phenoxy) is 1. The number of nitrogens with zero attached hydrogens (tertiary/aromatic N) is 1. The quantitative estimate of drug-likeness (QED) is 0.874. The molecular formula is C14H19FN2O. The van der Waals surface area contributed by atoms with Gasteiger partial charge in [0.1, 0.15) is 5.82 Å². The van der Waals surface area contributed by atoms with Gasteiger partial charge in [0.05, 0.1) is 17.9 Å². The van der Waals surface area contributed by atoms with Crippen molar-refractivity contribution in [2.24, 2.45) is 5.73 Å². The molecule has 2 heterocycles. The summed E-state index contributed by atoms with van der Waals surface area (Å²) in [4.78, 5) is 2.10. The minimum Gasteiger partial charge on any atom is -0.371 e. The lowest BCUT2D eigenvalue weighted by molar-refractivity contribution is 0.0303. The summed E-state index contributed by atoms with van der Waals surface area (Å²) in [7, 11) is 0. The third-order valence-electron chi connectivity index (χ3n) is 3.88. The Labute approximate surface area is 107 Å². The number of rotatable bonds is 2. The number of hydrogen-bond donors (Lipinski definition) is 1. The first kappa shape index (κ1) is 11.9. The molecule has 1 aromatic carbocycles. The van der Waals surface area contributed by atoms with Crippen molar-refractivity contribution in [2.45, 2.75) is 38.0 Å². The lowest BCUT2D eigenvalue weighted by Crippen LogP contribution is -2.43. The van der Waals surface area contributed by atoms with Crippen LogP contribution in [0.25, 0.3) is 0 Å². The molecule has 0 aliphatic carbocycles. The summed E-state index contributed by atoms with van der Waals surface area (Å²) in [6.45, 7) is 3.46. The van der Waals surface area contributed by atoms with Gasteiger partial charge >= 0.3 is 0 Å². The van der Waals surface area contributed by atoms with E-state index in [0.29, 0.717) is 5.69 Å². The average molecular weight is 250 g/mol. The SMILES string of the molecule is C[C@@H](N)c1ccc(N2CC3CCC(C2)O3)c(F)c1. The van der Waals surface area contributed by atoms with E-state index in [0.717, 1.165) is 31.5 Å². The maximum absolute atomic E-state index is 14.1. The largest absolute Gasteiger partial charge is 0.371 e. The summed E-state index contributed by atoms with van der Waals surface area (Å²) in [5.41, 5.74) is 7.29. The Hall–Kier alpha value is -1.13. The van der Waals surface area contributed by atoms with Gasteiger partial charge in [-0.05, 0) is 37.5 Å². The second-order valence-electron chi connectivity index (χ2n) is 5.36. The molecule has 18 heavy (non-hydrogen) atoms. The van der Waals surface area contributed by atoms with E-state index in [1.807, 2.05) is 19.1 Å². The third-order valence-corrected chi connectivity index (χ3v) is 3.88. The Kier molecular flexibility index (Phi) is 2.99. The number of nitrogens with two attached hydrogens (primary N) is 1. The lowest BCUT2D eigenvalue weighted by atomic mass is 10.1. The Morgan fingerprint density at radius 2 is 2.00 bits per heavy atom. The molecule has 2 saturated heterocycles. The molecule has 2 bridgehead atoms. The standard InChI is InChI=1S/C14H19FN2O/c1-9(16)10-2-5-14(13(15)6-10)17-7-11-3-4-12(8-17)18-11/h2,5-6,9,11-12H,3-4,7-8,16H2,1H3/t9-,11?,12?/m1/s1. The zero-order valence-corrected chi connectivity index (χ0v) is 10.6. The van der Waals surface area contributed by atoms with Crippen LogP contribution in [0.15, 0.2) is 18.2 Å². The van der Waals surface area contributed by atoms with Crippen molar-refractivity contribution < 1.29 is 9.13 Å². The number of hydrogen-bond acceptors (Lipinski definition) is 3. The third kappa shape index (κ3) is 2.10. The Morgan fingerprint density at radius 1 is 1.33 bits per heavy atom. The monoisotopic (exact) mass is 250 g/mol. The smallest absolute Gasteiger partial charge is 0.146 e. The molecule has 0 aromatic heterocycles. The maximum Gasteiger partial charge on any atom is 0.146 e. The summed E-state index contributed by atoms with van der Waals surface area (Å²) in [5, 5.41) is 0. The minimum absolute atomic E-state index is 0.130. The van der Waals surface area contributed by atoms with E-state index in [9.17, 15) is 4.39 Å². The van der Waals surface area contributed by atoms with Gasteiger partial charge < -0.3 is 15.4 Å². The number of benzene rings is 1. The van der Waals surface area contributed by atoms with Gasteiger partial charge in [0.2, 0.25) is 0 Å². The van der Waals surface area contributed by atoms with Gasteiger partial charge in [-0.15, -0.1) is 0 Å². The fraction of sp³-hybridized carbons (Fsp3) is 0.571. The topological polar surface area (TPSA) is 38.5 Å². The zero-order chi connectivity index (χ0) is 12.7. The lowest BCUT2D eigenvalue weighted by Gasteiger charge is -2.34. The van der Waals surface area contributed by atoms with Crippen LogP contribution < -0.4 is 10.6 Å². The van der Waals surface area contributed by atoms with Crippen LogP contribution in [0.1, 0.15) is 31.4 Å². The van der Waals surface area contributed by atoms with Crippen molar-refractivity contribution in [1.29, 1.82) is 0 Å². The number of morpholine rings is 1. The zero-order valence-electron chi connectivity index (χ0n) is 10.6. The van der Waals surface area contributed by atoms with Crippen LogP contribution in [0.4, 0.5) is 10.1 Å². The van der Waals surface area contributed by atoms with Crippen molar-refractivity contribution in [3.63, 3.8) is 0 Å². The van der Waals surface area contributed by atoms with Gasteiger partial charge in [0, 0.05) is 19.1 Å². The summed E-state index contributed by atoms with van der Waals surface area (Å²) >= 11 is 0. The molecule has 2 fully saturated rings. The minimum atomic E-state index is -0.175. The summed E-state index contributed by atoms with van der Waals surface area (Å²) < 4.78 is 19.9. The first-order valence-electron chi connectivity index (χ1n) is 6.59. The molecule has 2 N–H and O–H groups in total. The van der Waals surface area contributed by atoms with E-state index in [2.05, 4.69) is 4.90 Å². The molecule has 2 unspecified atom stereocenters. The van der Waals surface area contributed by atoms with Crippen LogP contribution in [-0.2, 0) is 4.74 Å². The van der Waals surface area contributed by atoms with E-state index in [1.54, 1.807) is 6.07 Å².